The molecule has 0 aliphatic rings. The first-order valence-electron chi connectivity index (χ1n) is 8.53. The Morgan fingerprint density at radius 2 is 1.83 bits per heavy atom. The number of amides is 2. The number of aromatic nitrogens is 1. The van der Waals surface area contributed by atoms with E-state index in [1.165, 1.54) is 4.90 Å². The Hall–Kier alpha value is -2.11. The Morgan fingerprint density at radius 1 is 1.17 bits per heavy atom. The fourth-order valence-corrected chi connectivity index (χ4v) is 2.48. The minimum absolute atomic E-state index is 0.0849. The largest absolute Gasteiger partial charge is 0.354 e. The maximum absolute atomic E-state index is 12.7. The molecule has 0 fully saturated rings. The second-order valence-electron chi connectivity index (χ2n) is 6.30. The van der Waals surface area contributed by atoms with E-state index in [-0.39, 0.29) is 18.4 Å². The third kappa shape index (κ3) is 5.22. The Bertz CT molecular complexity index is 540. The molecule has 0 aliphatic heterocycles. The molecule has 0 N–H and O–H groups in total. The zero-order valence-electron chi connectivity index (χ0n) is 15.7. The molecule has 2 amide bonds. The van der Waals surface area contributed by atoms with Crippen molar-refractivity contribution >= 4 is 17.6 Å². The fraction of sp³-hybridized carbons (Fsp3) is 0.611. The van der Waals surface area contributed by atoms with Crippen LogP contribution < -0.4 is 4.90 Å². The maximum Gasteiger partial charge on any atom is 0.255 e. The molecule has 24 heavy (non-hydrogen) atoms. The van der Waals surface area contributed by atoms with Crippen molar-refractivity contribution in [3.05, 3.63) is 23.9 Å². The van der Waals surface area contributed by atoms with Crippen LogP contribution in [0.2, 0.25) is 0 Å². The van der Waals surface area contributed by atoms with Crippen LogP contribution in [0.5, 0.6) is 0 Å². The molecule has 0 aromatic carbocycles. The summed E-state index contributed by atoms with van der Waals surface area (Å²) in [4.78, 5) is 34.3. The minimum atomic E-state index is -0.154. The second-order valence-corrected chi connectivity index (χ2v) is 6.30. The summed E-state index contributed by atoms with van der Waals surface area (Å²) in [5.74, 6) is 0.618. The first kappa shape index (κ1) is 19.9. The molecular formula is C18H30N4O2. The van der Waals surface area contributed by atoms with Crippen molar-refractivity contribution in [2.24, 2.45) is 0 Å². The minimum Gasteiger partial charge on any atom is -0.354 e. The molecule has 6 heteroatoms. The van der Waals surface area contributed by atoms with Gasteiger partial charge in [0.2, 0.25) is 5.91 Å². The quantitative estimate of drug-likeness (QED) is 0.732. The molecule has 0 radical (unpaired) electrons. The van der Waals surface area contributed by atoms with Gasteiger partial charge in [-0.15, -0.1) is 0 Å². The summed E-state index contributed by atoms with van der Waals surface area (Å²) in [6.45, 7) is 9.79. The highest BCUT2D eigenvalue weighted by Gasteiger charge is 2.20. The molecule has 0 aliphatic carbocycles. The van der Waals surface area contributed by atoms with Gasteiger partial charge in [-0.1, -0.05) is 6.92 Å². The van der Waals surface area contributed by atoms with Crippen LogP contribution in [0.1, 0.15) is 44.5 Å². The predicted molar refractivity (Wildman–Crippen MR) is 97.3 cm³/mol. The van der Waals surface area contributed by atoms with Crippen molar-refractivity contribution in [3.8, 4) is 0 Å². The second kappa shape index (κ2) is 9.25. The van der Waals surface area contributed by atoms with Crippen molar-refractivity contribution in [2.45, 2.75) is 40.2 Å². The summed E-state index contributed by atoms with van der Waals surface area (Å²) >= 11 is 0. The third-order valence-corrected chi connectivity index (χ3v) is 3.86. The van der Waals surface area contributed by atoms with Gasteiger partial charge in [-0.25, -0.2) is 4.98 Å². The van der Waals surface area contributed by atoms with E-state index in [1.807, 2.05) is 13.0 Å². The molecular weight excluding hydrogens is 304 g/mol. The highest BCUT2D eigenvalue weighted by molar-refractivity contribution is 5.96. The number of likely N-dealkylation sites (N-methyl/N-ethyl adjacent to an activating group) is 1. The van der Waals surface area contributed by atoms with Gasteiger partial charge in [0.1, 0.15) is 12.4 Å². The molecule has 1 aromatic heterocycles. The summed E-state index contributed by atoms with van der Waals surface area (Å²) in [5, 5.41) is 0. The van der Waals surface area contributed by atoms with Crippen LogP contribution >= 0.6 is 0 Å². The van der Waals surface area contributed by atoms with Gasteiger partial charge >= 0.3 is 0 Å². The maximum atomic E-state index is 12.7. The van der Waals surface area contributed by atoms with E-state index in [9.17, 15) is 9.59 Å². The van der Waals surface area contributed by atoms with Gasteiger partial charge in [0.25, 0.3) is 5.91 Å². The lowest BCUT2D eigenvalue weighted by Gasteiger charge is -2.27. The number of nitrogens with zero attached hydrogens (tertiary/aromatic N) is 4. The number of hydrogen-bond donors (Lipinski definition) is 0. The summed E-state index contributed by atoms with van der Waals surface area (Å²) < 4.78 is 0. The smallest absolute Gasteiger partial charge is 0.255 e. The predicted octanol–water partition coefficient (Wildman–Crippen LogP) is 2.26. The summed E-state index contributed by atoms with van der Waals surface area (Å²) in [7, 11) is 3.39. The van der Waals surface area contributed by atoms with Gasteiger partial charge in [0, 0.05) is 39.4 Å². The van der Waals surface area contributed by atoms with Gasteiger partial charge in [-0.3, -0.25) is 9.59 Å². The van der Waals surface area contributed by atoms with Gasteiger partial charge in [-0.05, 0) is 39.3 Å². The molecule has 1 rings (SSSR count). The third-order valence-electron chi connectivity index (χ3n) is 3.86. The van der Waals surface area contributed by atoms with Crippen molar-refractivity contribution in [1.29, 1.82) is 0 Å². The SMILES string of the molecule is CCCN(CC(=O)N(C)C)C(=O)c1ccc(N(CC)C(C)C)nc1. The van der Waals surface area contributed by atoms with E-state index >= 15 is 0 Å². The zero-order valence-corrected chi connectivity index (χ0v) is 15.7. The van der Waals surface area contributed by atoms with E-state index in [0.29, 0.717) is 18.2 Å². The summed E-state index contributed by atoms with van der Waals surface area (Å²) in [5.41, 5.74) is 0.513. The molecule has 134 valence electrons. The monoisotopic (exact) mass is 334 g/mol. The normalized spacial score (nSPS) is 10.6. The number of hydrogen-bond acceptors (Lipinski definition) is 4. The van der Waals surface area contributed by atoms with Crippen LogP contribution in [0, 0.1) is 0 Å². The zero-order chi connectivity index (χ0) is 18.3. The Labute approximate surface area is 145 Å². The number of anilines is 1. The van der Waals surface area contributed by atoms with Gasteiger partial charge in [0.05, 0.1) is 5.56 Å². The molecule has 0 saturated heterocycles. The van der Waals surface area contributed by atoms with Crippen molar-refractivity contribution in [1.82, 2.24) is 14.8 Å². The Kier molecular flexibility index (Phi) is 7.68. The molecule has 0 atom stereocenters. The van der Waals surface area contributed by atoms with Crippen molar-refractivity contribution < 1.29 is 9.59 Å². The van der Waals surface area contributed by atoms with Gasteiger partial charge < -0.3 is 14.7 Å². The Morgan fingerprint density at radius 3 is 2.25 bits per heavy atom. The van der Waals surface area contributed by atoms with Crippen LogP contribution in [0.4, 0.5) is 5.82 Å². The first-order chi connectivity index (χ1) is 11.3. The average Bonchev–Trinajstić information content (AvgIpc) is 2.54. The molecule has 0 spiro atoms. The fourth-order valence-electron chi connectivity index (χ4n) is 2.48. The summed E-state index contributed by atoms with van der Waals surface area (Å²) in [6, 6.07) is 4.01. The van der Waals surface area contributed by atoms with Crippen molar-refractivity contribution in [3.63, 3.8) is 0 Å². The highest BCUT2D eigenvalue weighted by atomic mass is 16.2. The van der Waals surface area contributed by atoms with Crippen molar-refractivity contribution in [2.75, 3.05) is 38.6 Å². The van der Waals surface area contributed by atoms with Gasteiger partial charge in [0.15, 0.2) is 0 Å². The van der Waals surface area contributed by atoms with Crippen LogP contribution in [0.3, 0.4) is 0 Å². The van der Waals surface area contributed by atoms with E-state index in [2.05, 4.69) is 30.7 Å². The van der Waals surface area contributed by atoms with Crippen LogP contribution in [0.15, 0.2) is 18.3 Å². The molecule has 0 saturated carbocycles. The van der Waals surface area contributed by atoms with E-state index < -0.39 is 0 Å². The molecule has 1 aromatic rings. The molecule has 0 bridgehead atoms. The highest BCUT2D eigenvalue weighted by Crippen LogP contribution is 2.15. The Balaban J connectivity index is 2.93. The van der Waals surface area contributed by atoms with E-state index in [0.717, 1.165) is 18.8 Å². The first-order valence-corrected chi connectivity index (χ1v) is 8.53. The number of carbonyl (C=O) groups is 2. The standard InChI is InChI=1S/C18H30N4O2/c1-7-11-21(13-17(23)20(5)6)18(24)15-9-10-16(19-12-15)22(8-2)14(3)4/h9-10,12,14H,7-8,11,13H2,1-6H3. The molecule has 6 nitrogen and oxygen atoms in total. The average molecular weight is 334 g/mol. The lowest BCUT2D eigenvalue weighted by molar-refractivity contribution is -0.129. The number of rotatable bonds is 8. The molecule has 1 heterocycles. The van der Waals surface area contributed by atoms with E-state index in [4.69, 9.17) is 0 Å². The number of carbonyl (C=O) groups excluding carboxylic acids is 2. The van der Waals surface area contributed by atoms with Crippen LogP contribution in [-0.4, -0.2) is 66.4 Å². The lowest BCUT2D eigenvalue weighted by atomic mass is 10.2. The van der Waals surface area contributed by atoms with Crippen LogP contribution in [-0.2, 0) is 4.79 Å². The van der Waals surface area contributed by atoms with E-state index in [1.54, 1.807) is 31.3 Å². The van der Waals surface area contributed by atoms with Crippen LogP contribution in [0.25, 0.3) is 0 Å². The van der Waals surface area contributed by atoms with Gasteiger partial charge in [-0.2, -0.15) is 0 Å². The number of pyridine rings is 1. The lowest BCUT2D eigenvalue weighted by Crippen LogP contribution is -2.40. The summed E-state index contributed by atoms with van der Waals surface area (Å²) in [6.07, 6.45) is 2.40. The molecule has 0 unspecified atom stereocenters. The topological polar surface area (TPSA) is 56.8 Å².